The lowest BCUT2D eigenvalue weighted by atomic mass is 9.78. The molecule has 0 radical (unpaired) electrons. The minimum Gasteiger partial charge on any atom is -0.506 e. The number of fused-ring (bicyclic) bond motifs is 5. The number of phenolic OH excluding ortho intramolecular Hbond substituents is 1. The van der Waals surface area contributed by atoms with Gasteiger partial charge in [0.05, 0.1) is 37.4 Å². The number of nitrogens with two attached hydrogens (primary N) is 1. The Morgan fingerprint density at radius 2 is 1.89 bits per heavy atom. The van der Waals surface area contributed by atoms with Crippen LogP contribution in [0.3, 0.4) is 0 Å². The summed E-state index contributed by atoms with van der Waals surface area (Å²) in [6.45, 7) is 6.89. The van der Waals surface area contributed by atoms with Crippen LogP contribution in [0.15, 0.2) is 54.1 Å². The summed E-state index contributed by atoms with van der Waals surface area (Å²) < 4.78 is 29.4. The molecule has 0 aromatic heterocycles. The summed E-state index contributed by atoms with van der Waals surface area (Å²) in [4.78, 5) is 56.9. The summed E-state index contributed by atoms with van der Waals surface area (Å²) in [5.41, 5.74) is 5.11. The van der Waals surface area contributed by atoms with Crippen molar-refractivity contribution in [3.05, 3.63) is 70.3 Å². The number of carbonyl (C=O) groups is 4. The van der Waals surface area contributed by atoms with Crippen molar-refractivity contribution in [2.45, 2.75) is 95.0 Å². The van der Waals surface area contributed by atoms with Crippen molar-refractivity contribution in [2.75, 3.05) is 38.9 Å². The Kier molecular flexibility index (Phi) is 12.3. The van der Waals surface area contributed by atoms with Gasteiger partial charge in [-0.1, -0.05) is 42.3 Å². The highest BCUT2D eigenvalue weighted by molar-refractivity contribution is 6.35. The molecule has 14 nitrogen and oxygen atoms in total. The number of esters is 2. The molecule has 298 valence electrons. The Morgan fingerprint density at radius 3 is 2.55 bits per heavy atom. The topological polar surface area (TPSA) is 191 Å². The van der Waals surface area contributed by atoms with Crippen LogP contribution in [0.25, 0.3) is 0 Å². The minimum absolute atomic E-state index is 0.0300. The fourth-order valence-electron chi connectivity index (χ4n) is 7.31. The van der Waals surface area contributed by atoms with Gasteiger partial charge in [-0.25, -0.2) is 4.79 Å². The molecule has 2 fully saturated rings. The second-order valence-corrected chi connectivity index (χ2v) is 15.3. The van der Waals surface area contributed by atoms with Gasteiger partial charge in [0, 0.05) is 39.1 Å². The van der Waals surface area contributed by atoms with Gasteiger partial charge in [0.25, 0.3) is 5.91 Å². The molecule has 4 bridgehead atoms. The minimum atomic E-state index is -1.60. The summed E-state index contributed by atoms with van der Waals surface area (Å²) in [6.07, 6.45) is 1.62. The number of aromatic hydroxyl groups is 1. The second-order valence-electron chi connectivity index (χ2n) is 14.9. The molecule has 3 heterocycles. The summed E-state index contributed by atoms with van der Waals surface area (Å²) in [5, 5.41) is 22.1. The Labute approximate surface area is 325 Å². The molecule has 3 aliphatic rings. The number of hydrogen-bond donors (Lipinski definition) is 3. The lowest BCUT2D eigenvalue weighted by Gasteiger charge is -2.41. The van der Waals surface area contributed by atoms with E-state index in [-0.39, 0.29) is 41.3 Å². The number of likely N-dealkylation sites (N-methyl/N-ethyl adjacent to an activating group) is 1. The van der Waals surface area contributed by atoms with E-state index >= 15 is 0 Å². The number of epoxide rings is 1. The zero-order valence-electron chi connectivity index (χ0n) is 32.3. The van der Waals surface area contributed by atoms with Crippen LogP contribution >= 0.6 is 11.6 Å². The maximum atomic E-state index is 14.2. The van der Waals surface area contributed by atoms with Crippen LogP contribution in [0.1, 0.15) is 62.9 Å². The molecule has 8 atom stereocenters. The van der Waals surface area contributed by atoms with Crippen molar-refractivity contribution in [3.8, 4) is 11.5 Å². The Morgan fingerprint density at radius 1 is 1.18 bits per heavy atom. The van der Waals surface area contributed by atoms with Crippen LogP contribution in [-0.4, -0.2) is 109 Å². The van der Waals surface area contributed by atoms with E-state index in [0.717, 1.165) is 16.0 Å². The molecule has 0 saturated carbocycles. The first-order chi connectivity index (χ1) is 25.8. The van der Waals surface area contributed by atoms with Crippen molar-refractivity contribution >= 4 is 46.7 Å². The number of amides is 2. The molecule has 2 saturated heterocycles. The first-order valence-electron chi connectivity index (χ1n) is 18.0. The molecule has 0 unspecified atom stereocenters. The molecular weight excluding hydrogens is 734 g/mol. The zero-order valence-corrected chi connectivity index (χ0v) is 33.1. The molecule has 2 aromatic carbocycles. The van der Waals surface area contributed by atoms with Crippen LogP contribution in [-0.2, 0) is 39.8 Å². The van der Waals surface area contributed by atoms with Gasteiger partial charge in [-0.3, -0.25) is 14.4 Å². The van der Waals surface area contributed by atoms with Gasteiger partial charge in [0.2, 0.25) is 5.91 Å². The number of methoxy groups -OCH3 is 2. The molecule has 5 rings (SSSR count). The molecule has 3 aliphatic heterocycles. The van der Waals surface area contributed by atoms with Crippen molar-refractivity contribution in [2.24, 2.45) is 5.92 Å². The zero-order chi connectivity index (χ0) is 40.6. The van der Waals surface area contributed by atoms with Gasteiger partial charge < -0.3 is 49.4 Å². The van der Waals surface area contributed by atoms with Crippen molar-refractivity contribution < 1.29 is 53.1 Å². The lowest BCUT2D eigenvalue weighted by Crippen LogP contribution is -2.53. The molecule has 0 aliphatic carbocycles. The number of phenols is 1. The van der Waals surface area contributed by atoms with Gasteiger partial charge in [0.1, 0.15) is 52.1 Å². The standard InChI is InChI=1S/C40H50ClN3O11/c1-21-10-9-11-31(52-8)40(50)19-30(53-34(47)20-40)22(2)36-39(4,55-36)32(18-33(46)44(6)27-15-24(14-21)16-29(51-7)35(27)41)54-38(49)23(3)43(5)37(48)25-12-13-26(42)28(45)17-25/h9-13,15-17,22-23,30-32,36,45,50H,14,18-20,42H2,1-8H3/b11-9+,21-10+/t22-,23+,30+,31-,32+,36+,39+,40-/m1/s1. The van der Waals surface area contributed by atoms with Crippen molar-refractivity contribution in [3.63, 3.8) is 0 Å². The van der Waals surface area contributed by atoms with E-state index in [0.29, 0.717) is 17.9 Å². The van der Waals surface area contributed by atoms with Gasteiger partial charge in [-0.05, 0) is 63.1 Å². The number of hydrogen-bond acceptors (Lipinski definition) is 12. The van der Waals surface area contributed by atoms with E-state index in [1.165, 1.54) is 51.3 Å². The monoisotopic (exact) mass is 783 g/mol. The van der Waals surface area contributed by atoms with E-state index in [9.17, 15) is 29.4 Å². The van der Waals surface area contributed by atoms with E-state index in [1.807, 2.05) is 13.0 Å². The largest absolute Gasteiger partial charge is 0.506 e. The van der Waals surface area contributed by atoms with Crippen LogP contribution in [0, 0.1) is 5.92 Å². The van der Waals surface area contributed by atoms with Crippen LogP contribution in [0.2, 0.25) is 5.02 Å². The quantitative estimate of drug-likeness (QED) is 0.163. The summed E-state index contributed by atoms with van der Waals surface area (Å²) in [7, 11) is 5.90. The first-order valence-corrected chi connectivity index (χ1v) is 18.4. The first kappa shape index (κ1) is 41.5. The third-order valence-electron chi connectivity index (χ3n) is 11.0. The maximum absolute atomic E-state index is 14.2. The molecular formula is C40H50ClN3O11. The van der Waals surface area contributed by atoms with E-state index in [4.69, 9.17) is 41.0 Å². The highest BCUT2D eigenvalue weighted by atomic mass is 35.5. The Hall–Kier alpha value is -4.63. The number of nitrogen functional groups attached to an aromatic ring is 1. The number of benzene rings is 2. The predicted molar refractivity (Wildman–Crippen MR) is 204 cm³/mol. The second kappa shape index (κ2) is 16.2. The molecule has 4 N–H and O–H groups in total. The maximum Gasteiger partial charge on any atom is 0.328 e. The van der Waals surface area contributed by atoms with Crippen LogP contribution in [0.4, 0.5) is 11.4 Å². The normalized spacial score (nSPS) is 30.5. The number of halogens is 1. The number of anilines is 2. The Bertz CT molecular complexity index is 1900. The summed E-state index contributed by atoms with van der Waals surface area (Å²) in [6, 6.07) is 6.43. The van der Waals surface area contributed by atoms with E-state index in [2.05, 4.69) is 0 Å². The van der Waals surface area contributed by atoms with Crippen molar-refractivity contribution in [1.82, 2.24) is 4.90 Å². The number of nitrogens with zero attached hydrogens (tertiary/aromatic N) is 2. The average Bonchev–Trinajstić information content (AvgIpc) is 3.84. The lowest BCUT2D eigenvalue weighted by molar-refractivity contribution is -0.187. The number of ether oxygens (including phenoxy) is 5. The van der Waals surface area contributed by atoms with Gasteiger partial charge >= 0.3 is 11.9 Å². The van der Waals surface area contributed by atoms with Gasteiger partial charge in [0.15, 0.2) is 0 Å². The SMILES string of the molecule is COc1cc2cc(c1Cl)N(C)C(=O)C[C@H](OC(=O)[C@H](C)N(C)C(=O)c1ccc(N)c(O)c1)[C@]1(C)O[C@H]1[C@H](C)[C@@H]1C[C@@](O)(CC(=O)O1)[C@H](OC)/C=C/C=C(\C)C2. The molecule has 2 aromatic rings. The van der Waals surface area contributed by atoms with Crippen LogP contribution in [0.5, 0.6) is 11.5 Å². The van der Waals surface area contributed by atoms with Crippen LogP contribution < -0.4 is 15.4 Å². The van der Waals surface area contributed by atoms with E-state index < -0.39 is 71.3 Å². The van der Waals surface area contributed by atoms with E-state index in [1.54, 1.807) is 45.2 Å². The number of carbonyl (C=O) groups excluding carboxylic acids is 4. The summed E-state index contributed by atoms with van der Waals surface area (Å²) >= 11 is 6.76. The molecule has 55 heavy (non-hydrogen) atoms. The highest BCUT2D eigenvalue weighted by Gasteiger charge is 2.64. The third-order valence-corrected chi connectivity index (χ3v) is 11.4. The smallest absolute Gasteiger partial charge is 0.328 e. The Balaban J connectivity index is 1.52. The third kappa shape index (κ3) is 8.62. The van der Waals surface area contributed by atoms with Gasteiger partial charge in [-0.2, -0.15) is 0 Å². The molecule has 2 amide bonds. The molecule has 0 spiro atoms. The fraction of sp³-hybridized carbons (Fsp3) is 0.500. The summed E-state index contributed by atoms with van der Waals surface area (Å²) in [5.74, 6) is -2.94. The average molecular weight is 784 g/mol. The predicted octanol–water partition coefficient (Wildman–Crippen LogP) is 4.37. The highest BCUT2D eigenvalue weighted by Crippen LogP contribution is 2.50. The fourth-order valence-corrected chi connectivity index (χ4v) is 7.62. The number of aliphatic hydroxyl groups is 1. The van der Waals surface area contributed by atoms with Crippen molar-refractivity contribution in [1.29, 1.82) is 0 Å². The van der Waals surface area contributed by atoms with Gasteiger partial charge in [-0.15, -0.1) is 0 Å². The molecule has 15 heteroatoms. The number of rotatable bonds is 6. The number of allylic oxidation sites excluding steroid dienone is 3.